The zero-order chi connectivity index (χ0) is 16.7. The number of hydrogen-bond acceptors (Lipinski definition) is 4. The van der Waals surface area contributed by atoms with Crippen LogP contribution in [0.4, 0.5) is 0 Å². The van der Waals surface area contributed by atoms with Gasteiger partial charge in [-0.3, -0.25) is 14.4 Å². The predicted octanol–water partition coefficient (Wildman–Crippen LogP) is 3.54. The summed E-state index contributed by atoms with van der Waals surface area (Å²) in [6.45, 7) is 7.10. The summed E-state index contributed by atoms with van der Waals surface area (Å²) in [4.78, 5) is 37.2. The highest BCUT2D eigenvalue weighted by Gasteiger charge is 2.36. The van der Waals surface area contributed by atoms with Gasteiger partial charge in [-0.25, -0.2) is 0 Å². The van der Waals surface area contributed by atoms with E-state index in [1.54, 1.807) is 25.1 Å². The number of hydrogen-bond donors (Lipinski definition) is 0. The number of aryl methyl sites for hydroxylation is 1. The van der Waals surface area contributed by atoms with Gasteiger partial charge in [0.15, 0.2) is 5.78 Å². The van der Waals surface area contributed by atoms with Gasteiger partial charge in [0.1, 0.15) is 12.0 Å². The van der Waals surface area contributed by atoms with Crippen molar-refractivity contribution in [2.24, 2.45) is 0 Å². The molecule has 0 bridgehead atoms. The number of fused-ring (bicyclic) bond motifs is 1. The van der Waals surface area contributed by atoms with Gasteiger partial charge in [-0.1, -0.05) is 36.4 Å². The van der Waals surface area contributed by atoms with E-state index in [2.05, 4.69) is 6.58 Å². The van der Waals surface area contributed by atoms with Crippen LogP contribution in [0.25, 0.3) is 5.57 Å². The highest BCUT2D eigenvalue weighted by Crippen LogP contribution is 2.34. The molecule has 4 nitrogen and oxygen atoms in total. The molecule has 1 heterocycles. The Hall–Kier alpha value is -3.01. The van der Waals surface area contributed by atoms with Crippen molar-refractivity contribution >= 4 is 22.9 Å². The molecule has 4 heteroatoms. The standard InChI is InChI=1S/C19H14O4/c1-4-13-11(3)19-15(18(22)17(13)21)14(9-23-19)16(20)12-7-5-6-10(2)8-12/h4-9H,1H2,2-3H3. The van der Waals surface area contributed by atoms with E-state index in [0.29, 0.717) is 11.1 Å². The Kier molecular flexibility index (Phi) is 3.45. The molecular formula is C19H14O4. The molecule has 1 aromatic heterocycles. The average Bonchev–Trinajstić information content (AvgIpc) is 2.98. The van der Waals surface area contributed by atoms with Crippen LogP contribution in [0.1, 0.15) is 44.5 Å². The summed E-state index contributed by atoms with van der Waals surface area (Å²) in [7, 11) is 0. The highest BCUT2D eigenvalue weighted by atomic mass is 16.3. The van der Waals surface area contributed by atoms with Crippen molar-refractivity contribution < 1.29 is 18.8 Å². The van der Waals surface area contributed by atoms with Crippen molar-refractivity contribution in [1.29, 1.82) is 0 Å². The van der Waals surface area contributed by atoms with E-state index < -0.39 is 11.6 Å². The molecule has 0 atom stereocenters. The van der Waals surface area contributed by atoms with Crippen LogP contribution in [0.5, 0.6) is 0 Å². The first kappa shape index (κ1) is 14.9. The maximum absolute atomic E-state index is 12.7. The van der Waals surface area contributed by atoms with Crippen molar-refractivity contribution in [3.63, 3.8) is 0 Å². The number of rotatable bonds is 3. The number of allylic oxidation sites excluding steroid dienone is 3. The summed E-state index contributed by atoms with van der Waals surface area (Å²) in [5, 5.41) is 0. The second kappa shape index (κ2) is 5.32. The van der Waals surface area contributed by atoms with Gasteiger partial charge in [-0.2, -0.15) is 0 Å². The van der Waals surface area contributed by atoms with Crippen molar-refractivity contribution in [2.75, 3.05) is 0 Å². The van der Waals surface area contributed by atoms with Crippen LogP contribution < -0.4 is 0 Å². The molecule has 0 saturated carbocycles. The Bertz CT molecular complexity index is 909. The van der Waals surface area contributed by atoms with Crippen molar-refractivity contribution in [1.82, 2.24) is 0 Å². The van der Waals surface area contributed by atoms with Crippen molar-refractivity contribution in [2.45, 2.75) is 13.8 Å². The summed E-state index contributed by atoms with van der Waals surface area (Å²) in [6, 6.07) is 7.04. The second-order valence-electron chi connectivity index (χ2n) is 5.45. The number of furan rings is 1. The first-order valence-electron chi connectivity index (χ1n) is 7.11. The molecule has 23 heavy (non-hydrogen) atoms. The minimum atomic E-state index is -0.731. The molecule has 0 fully saturated rings. The van der Waals surface area contributed by atoms with Crippen LogP contribution in [0.3, 0.4) is 0 Å². The summed E-state index contributed by atoms with van der Waals surface area (Å²) in [5.74, 6) is -1.47. The monoisotopic (exact) mass is 306 g/mol. The largest absolute Gasteiger partial charge is 0.463 e. The molecule has 1 aliphatic rings. The summed E-state index contributed by atoms with van der Waals surface area (Å²) < 4.78 is 5.42. The van der Waals surface area contributed by atoms with Crippen molar-refractivity contribution in [3.8, 4) is 0 Å². The molecule has 0 spiro atoms. The molecule has 0 aliphatic heterocycles. The summed E-state index contributed by atoms with van der Waals surface area (Å²) in [5.41, 5.74) is 2.27. The fourth-order valence-corrected chi connectivity index (χ4v) is 2.74. The fraction of sp³-hybridized carbons (Fsp3) is 0.105. The molecule has 1 aromatic carbocycles. The number of benzene rings is 1. The molecule has 0 N–H and O–H groups in total. The van der Waals surface area contributed by atoms with E-state index in [9.17, 15) is 14.4 Å². The van der Waals surface area contributed by atoms with E-state index in [4.69, 9.17) is 4.42 Å². The molecule has 0 amide bonds. The van der Waals surface area contributed by atoms with E-state index in [-0.39, 0.29) is 28.2 Å². The van der Waals surface area contributed by atoms with Gasteiger partial charge >= 0.3 is 0 Å². The Morgan fingerprint density at radius 1 is 1.17 bits per heavy atom. The van der Waals surface area contributed by atoms with Gasteiger partial charge in [0, 0.05) is 16.7 Å². The van der Waals surface area contributed by atoms with Crippen LogP contribution in [0, 0.1) is 6.92 Å². The van der Waals surface area contributed by atoms with Crippen LogP contribution >= 0.6 is 0 Å². The van der Waals surface area contributed by atoms with Gasteiger partial charge in [0.05, 0.1) is 11.1 Å². The maximum atomic E-state index is 12.7. The first-order valence-corrected chi connectivity index (χ1v) is 7.11. The average molecular weight is 306 g/mol. The second-order valence-corrected chi connectivity index (χ2v) is 5.45. The van der Waals surface area contributed by atoms with Crippen LogP contribution in [-0.2, 0) is 4.79 Å². The number of Topliss-reactive ketones (excluding diaryl/α,β-unsaturated/α-hetero) is 2. The Morgan fingerprint density at radius 2 is 1.91 bits per heavy atom. The lowest BCUT2D eigenvalue weighted by atomic mass is 9.86. The van der Waals surface area contributed by atoms with Crippen LogP contribution in [0.15, 0.2) is 53.2 Å². The van der Waals surface area contributed by atoms with Gasteiger partial charge in [-0.05, 0) is 19.9 Å². The van der Waals surface area contributed by atoms with E-state index in [1.165, 1.54) is 12.3 Å². The van der Waals surface area contributed by atoms with E-state index in [1.807, 2.05) is 13.0 Å². The molecule has 3 rings (SSSR count). The lowest BCUT2D eigenvalue weighted by Crippen LogP contribution is -2.23. The molecule has 0 radical (unpaired) electrons. The normalized spacial score (nSPS) is 14.0. The first-order chi connectivity index (χ1) is 11.0. The number of carbonyl (C=O) groups is 3. The highest BCUT2D eigenvalue weighted by molar-refractivity contribution is 6.54. The summed E-state index contributed by atoms with van der Waals surface area (Å²) in [6.07, 6.45) is 2.58. The molecule has 2 aromatic rings. The third-order valence-electron chi connectivity index (χ3n) is 3.94. The maximum Gasteiger partial charge on any atom is 0.238 e. The SMILES string of the molecule is C=CC1=C(C)c2occ(C(=O)c3cccc(C)c3)c2C(=O)C1=O. The van der Waals surface area contributed by atoms with Crippen LogP contribution in [0.2, 0.25) is 0 Å². The lowest BCUT2D eigenvalue weighted by molar-refractivity contribution is -0.111. The number of ketones is 3. The third-order valence-corrected chi connectivity index (χ3v) is 3.94. The van der Waals surface area contributed by atoms with Gasteiger partial charge in [0.25, 0.3) is 0 Å². The quantitative estimate of drug-likeness (QED) is 0.642. The molecular weight excluding hydrogens is 292 g/mol. The van der Waals surface area contributed by atoms with Gasteiger partial charge in [0.2, 0.25) is 11.6 Å². The predicted molar refractivity (Wildman–Crippen MR) is 85.4 cm³/mol. The molecule has 0 saturated heterocycles. The minimum absolute atomic E-state index is 0.0459. The number of carbonyl (C=O) groups excluding carboxylic acids is 3. The topological polar surface area (TPSA) is 64.3 Å². The molecule has 0 unspecified atom stereocenters. The Balaban J connectivity index is 2.18. The zero-order valence-electron chi connectivity index (χ0n) is 12.8. The molecule has 114 valence electrons. The zero-order valence-corrected chi connectivity index (χ0v) is 12.8. The lowest BCUT2D eigenvalue weighted by Gasteiger charge is -2.13. The van der Waals surface area contributed by atoms with E-state index >= 15 is 0 Å². The van der Waals surface area contributed by atoms with E-state index in [0.717, 1.165) is 5.56 Å². The van der Waals surface area contributed by atoms with Crippen LogP contribution in [-0.4, -0.2) is 17.3 Å². The van der Waals surface area contributed by atoms with Crippen molar-refractivity contribution in [3.05, 3.63) is 76.8 Å². The Labute approximate surface area is 133 Å². The fourth-order valence-electron chi connectivity index (χ4n) is 2.74. The minimum Gasteiger partial charge on any atom is -0.463 e. The molecule has 1 aliphatic carbocycles. The smallest absolute Gasteiger partial charge is 0.238 e. The van der Waals surface area contributed by atoms with Gasteiger partial charge < -0.3 is 4.42 Å². The van der Waals surface area contributed by atoms with Gasteiger partial charge in [-0.15, -0.1) is 0 Å². The Morgan fingerprint density at radius 3 is 2.57 bits per heavy atom. The summed E-state index contributed by atoms with van der Waals surface area (Å²) >= 11 is 0. The third kappa shape index (κ3) is 2.19.